The molecule has 0 spiro atoms. The summed E-state index contributed by atoms with van der Waals surface area (Å²) < 4.78 is 19.9. The molecule has 0 atom stereocenters. The lowest BCUT2D eigenvalue weighted by Gasteiger charge is -2.14. The van der Waals surface area contributed by atoms with Gasteiger partial charge < -0.3 is 15.2 Å². The number of hydrogen-bond acceptors (Lipinski definition) is 5. The molecule has 0 aliphatic rings. The number of nitrogens with one attached hydrogen (secondary N) is 2. The van der Waals surface area contributed by atoms with Crippen molar-refractivity contribution in [1.82, 2.24) is 20.3 Å². The van der Waals surface area contributed by atoms with Crippen molar-refractivity contribution in [2.24, 2.45) is 0 Å². The number of carbonyl (C=O) groups is 2. The molecule has 9 heteroatoms. The van der Waals surface area contributed by atoms with Crippen molar-refractivity contribution in [1.29, 1.82) is 0 Å². The molecule has 0 unspecified atom stereocenters. The third kappa shape index (κ3) is 5.17. The Kier molecular flexibility index (Phi) is 6.24. The monoisotopic (exact) mass is 427 g/mol. The highest BCUT2D eigenvalue weighted by molar-refractivity contribution is 6.39. The van der Waals surface area contributed by atoms with Crippen molar-refractivity contribution >= 4 is 17.6 Å². The summed E-state index contributed by atoms with van der Waals surface area (Å²) in [6.07, 6.45) is 0.502. The van der Waals surface area contributed by atoms with Gasteiger partial charge >= 0.3 is 11.8 Å². The SMILES string of the molecule is Cc1noc(C)c1CCNC(=O)C(=O)Nc1cc(C(C)(C)C)nn1-c1ccc(F)cc1. The van der Waals surface area contributed by atoms with Crippen molar-refractivity contribution in [3.05, 3.63) is 58.9 Å². The minimum Gasteiger partial charge on any atom is -0.361 e. The number of anilines is 1. The smallest absolute Gasteiger partial charge is 0.314 e. The van der Waals surface area contributed by atoms with E-state index in [1.54, 1.807) is 25.1 Å². The molecule has 164 valence electrons. The predicted molar refractivity (Wildman–Crippen MR) is 114 cm³/mol. The van der Waals surface area contributed by atoms with Crippen LogP contribution >= 0.6 is 0 Å². The number of aromatic nitrogens is 3. The standard InChI is InChI=1S/C22H26FN5O3/c1-13-17(14(2)31-27-13)10-11-24-20(29)21(30)25-19-12-18(22(3,4)5)26-28(19)16-8-6-15(23)7-9-16/h6-9,12H,10-11H2,1-5H3,(H,24,29)(H,25,30). The van der Waals surface area contributed by atoms with Gasteiger partial charge in [-0.15, -0.1) is 0 Å². The maximum absolute atomic E-state index is 13.3. The summed E-state index contributed by atoms with van der Waals surface area (Å²) in [6.45, 7) is 9.84. The van der Waals surface area contributed by atoms with E-state index in [9.17, 15) is 14.0 Å². The van der Waals surface area contributed by atoms with Gasteiger partial charge in [0.15, 0.2) is 0 Å². The van der Waals surface area contributed by atoms with Gasteiger partial charge in [0.1, 0.15) is 17.4 Å². The fourth-order valence-electron chi connectivity index (χ4n) is 3.03. The maximum atomic E-state index is 13.3. The molecule has 0 aliphatic carbocycles. The topological polar surface area (TPSA) is 102 Å². The molecule has 0 saturated carbocycles. The molecule has 2 amide bonds. The van der Waals surface area contributed by atoms with Gasteiger partial charge in [-0.25, -0.2) is 9.07 Å². The molecule has 3 rings (SSSR count). The van der Waals surface area contributed by atoms with Crippen LogP contribution in [0.1, 0.15) is 43.5 Å². The number of nitrogens with zero attached hydrogens (tertiary/aromatic N) is 3. The summed E-state index contributed by atoms with van der Waals surface area (Å²) in [4.78, 5) is 24.8. The molecule has 31 heavy (non-hydrogen) atoms. The molecule has 8 nitrogen and oxygen atoms in total. The summed E-state index contributed by atoms with van der Waals surface area (Å²) in [7, 11) is 0. The predicted octanol–water partition coefficient (Wildman–Crippen LogP) is 3.21. The number of amides is 2. The average Bonchev–Trinajstić information content (AvgIpc) is 3.26. The van der Waals surface area contributed by atoms with E-state index in [0.29, 0.717) is 29.4 Å². The summed E-state index contributed by atoms with van der Waals surface area (Å²) in [5.41, 5.74) is 2.65. The number of aryl methyl sites for hydroxylation is 2. The van der Waals surface area contributed by atoms with Gasteiger partial charge in [-0.1, -0.05) is 25.9 Å². The van der Waals surface area contributed by atoms with Crippen LogP contribution in [0.25, 0.3) is 5.69 Å². The highest BCUT2D eigenvalue weighted by Crippen LogP contribution is 2.26. The van der Waals surface area contributed by atoms with Crippen LogP contribution in [-0.4, -0.2) is 33.3 Å². The van der Waals surface area contributed by atoms with E-state index < -0.39 is 11.8 Å². The van der Waals surface area contributed by atoms with Crippen molar-refractivity contribution in [2.45, 2.75) is 46.5 Å². The van der Waals surface area contributed by atoms with Gasteiger partial charge in [-0.05, 0) is 44.5 Å². The Hall–Kier alpha value is -3.49. The minimum atomic E-state index is -0.817. The second-order valence-corrected chi connectivity index (χ2v) is 8.32. The van der Waals surface area contributed by atoms with E-state index in [0.717, 1.165) is 11.3 Å². The van der Waals surface area contributed by atoms with Gasteiger partial charge in [0.25, 0.3) is 0 Å². The zero-order valence-electron chi connectivity index (χ0n) is 18.2. The van der Waals surface area contributed by atoms with Gasteiger partial charge in [-0.3, -0.25) is 9.59 Å². The highest BCUT2D eigenvalue weighted by atomic mass is 19.1. The second-order valence-electron chi connectivity index (χ2n) is 8.32. The van der Waals surface area contributed by atoms with Gasteiger partial charge in [0.05, 0.1) is 17.1 Å². The van der Waals surface area contributed by atoms with E-state index >= 15 is 0 Å². The summed E-state index contributed by atoms with van der Waals surface area (Å²) >= 11 is 0. The van der Waals surface area contributed by atoms with E-state index in [1.165, 1.54) is 16.8 Å². The fraction of sp³-hybridized carbons (Fsp3) is 0.364. The molecule has 3 aromatic rings. The number of benzene rings is 1. The van der Waals surface area contributed by atoms with Crippen LogP contribution in [0.15, 0.2) is 34.9 Å². The number of halogens is 1. The number of carbonyl (C=O) groups excluding carboxylic acids is 2. The fourth-order valence-corrected chi connectivity index (χ4v) is 3.03. The molecular formula is C22H26FN5O3. The van der Waals surface area contributed by atoms with Crippen LogP contribution in [0.2, 0.25) is 0 Å². The molecule has 2 aromatic heterocycles. The quantitative estimate of drug-likeness (QED) is 0.609. The van der Waals surface area contributed by atoms with Crippen molar-refractivity contribution in [2.75, 3.05) is 11.9 Å². The molecule has 2 heterocycles. The number of rotatable bonds is 5. The third-order valence-electron chi connectivity index (χ3n) is 4.84. The van der Waals surface area contributed by atoms with Gasteiger partial charge in [-0.2, -0.15) is 5.10 Å². The van der Waals surface area contributed by atoms with Crippen LogP contribution < -0.4 is 10.6 Å². The lowest BCUT2D eigenvalue weighted by molar-refractivity contribution is -0.136. The average molecular weight is 427 g/mol. The number of hydrogen-bond donors (Lipinski definition) is 2. The Morgan fingerprint density at radius 2 is 1.81 bits per heavy atom. The van der Waals surface area contributed by atoms with E-state index in [1.807, 2.05) is 27.7 Å². The highest BCUT2D eigenvalue weighted by Gasteiger charge is 2.23. The largest absolute Gasteiger partial charge is 0.361 e. The first-order valence-corrected chi connectivity index (χ1v) is 9.93. The molecule has 0 radical (unpaired) electrons. The normalized spacial score (nSPS) is 11.4. The maximum Gasteiger partial charge on any atom is 0.314 e. The Balaban J connectivity index is 1.72. The van der Waals surface area contributed by atoms with Crippen LogP contribution in [0, 0.1) is 19.7 Å². The van der Waals surface area contributed by atoms with Crippen LogP contribution in [0.5, 0.6) is 0 Å². The van der Waals surface area contributed by atoms with Crippen molar-refractivity contribution in [3.63, 3.8) is 0 Å². The third-order valence-corrected chi connectivity index (χ3v) is 4.84. The lowest BCUT2D eigenvalue weighted by Crippen LogP contribution is -2.37. The van der Waals surface area contributed by atoms with Crippen molar-refractivity contribution < 1.29 is 18.5 Å². The minimum absolute atomic E-state index is 0.264. The van der Waals surface area contributed by atoms with Crippen LogP contribution in [0.3, 0.4) is 0 Å². The zero-order valence-corrected chi connectivity index (χ0v) is 18.2. The Labute approximate surface area is 179 Å². The molecule has 0 saturated heterocycles. The Morgan fingerprint density at radius 1 is 1.13 bits per heavy atom. The Bertz CT molecular complexity index is 1070. The first-order valence-electron chi connectivity index (χ1n) is 9.93. The van der Waals surface area contributed by atoms with E-state index in [2.05, 4.69) is 20.9 Å². The van der Waals surface area contributed by atoms with E-state index in [4.69, 9.17) is 4.52 Å². The van der Waals surface area contributed by atoms with Crippen LogP contribution in [-0.2, 0) is 21.4 Å². The molecule has 1 aromatic carbocycles. The molecule has 2 N–H and O–H groups in total. The summed E-state index contributed by atoms with van der Waals surface area (Å²) in [5, 5.41) is 13.6. The summed E-state index contributed by atoms with van der Waals surface area (Å²) in [5.74, 6) is -0.954. The first kappa shape index (κ1) is 22.2. The Morgan fingerprint density at radius 3 is 2.39 bits per heavy atom. The van der Waals surface area contributed by atoms with Crippen molar-refractivity contribution in [3.8, 4) is 5.69 Å². The van der Waals surface area contributed by atoms with Crippen LogP contribution in [0.4, 0.5) is 10.2 Å². The lowest BCUT2D eigenvalue weighted by atomic mass is 9.92. The molecular weight excluding hydrogens is 401 g/mol. The van der Waals surface area contributed by atoms with E-state index in [-0.39, 0.29) is 17.8 Å². The van der Waals surface area contributed by atoms with Gasteiger partial charge in [0, 0.05) is 23.6 Å². The molecule has 0 aliphatic heterocycles. The van der Waals surface area contributed by atoms with Gasteiger partial charge in [0.2, 0.25) is 0 Å². The first-order chi connectivity index (χ1) is 14.6. The zero-order chi connectivity index (χ0) is 22.8. The second kappa shape index (κ2) is 8.71. The molecule has 0 fully saturated rings. The molecule has 0 bridgehead atoms. The summed E-state index contributed by atoms with van der Waals surface area (Å²) in [6, 6.07) is 7.42.